The standard InChI is InChI=1S/C25H33IN2O2/c1-30-23-8-4-7-21-22(25(29)20-9-10-20)18-28(24(21)23)15-5-14-27-16-11-19(12-17-27)6-2-3-13-26/h7,18-20H,2-3,5-6,9-17H2,1H3. The highest BCUT2D eigenvalue weighted by atomic mass is 127. The van der Waals surface area contributed by atoms with E-state index in [1.165, 1.54) is 49.6 Å². The zero-order valence-corrected chi connectivity index (χ0v) is 20.2. The lowest BCUT2D eigenvalue weighted by molar-refractivity contribution is 0.0969. The molecule has 2 aromatic rings. The monoisotopic (exact) mass is 520 g/mol. The van der Waals surface area contributed by atoms with E-state index >= 15 is 0 Å². The topological polar surface area (TPSA) is 34.5 Å². The second-order valence-corrected chi connectivity index (χ2v) is 9.99. The molecule has 0 N–H and O–H groups in total. The van der Waals surface area contributed by atoms with E-state index in [0.717, 1.165) is 54.7 Å². The Bertz CT molecular complexity index is 850. The Kier molecular flexibility index (Phi) is 7.59. The van der Waals surface area contributed by atoms with Crippen molar-refractivity contribution in [2.75, 3.05) is 31.2 Å². The first kappa shape index (κ1) is 22.0. The SMILES string of the molecule is COc1c#ccc2c(C(=O)C3CC3)cn(CCCN3CCC(CCCCI)CC3)c12. The van der Waals surface area contributed by atoms with Crippen molar-refractivity contribution in [3.8, 4) is 5.75 Å². The van der Waals surface area contributed by atoms with E-state index in [1.54, 1.807) is 7.11 Å². The van der Waals surface area contributed by atoms with Crippen LogP contribution in [0, 0.1) is 24.0 Å². The fraction of sp³-hybridized carbons (Fsp3) is 0.640. The average molecular weight is 520 g/mol. The molecule has 2 aliphatic rings. The maximum absolute atomic E-state index is 12.8. The summed E-state index contributed by atoms with van der Waals surface area (Å²) in [5, 5.41) is 0.967. The summed E-state index contributed by atoms with van der Waals surface area (Å²) < 4.78 is 9.06. The Morgan fingerprint density at radius 3 is 2.67 bits per heavy atom. The zero-order chi connectivity index (χ0) is 20.9. The van der Waals surface area contributed by atoms with Crippen LogP contribution in [0.4, 0.5) is 0 Å². The van der Waals surface area contributed by atoms with Crippen LogP contribution in [0.3, 0.4) is 0 Å². The largest absolute Gasteiger partial charge is 0.487 e. The Balaban J connectivity index is 1.36. The summed E-state index contributed by atoms with van der Waals surface area (Å²) in [4.78, 5) is 15.4. The summed E-state index contributed by atoms with van der Waals surface area (Å²) in [5.41, 5.74) is 1.83. The summed E-state index contributed by atoms with van der Waals surface area (Å²) in [6.07, 6.45) is 12.1. The third-order valence-corrected chi connectivity index (χ3v) is 7.49. The van der Waals surface area contributed by atoms with Crippen LogP contribution < -0.4 is 4.74 Å². The fourth-order valence-corrected chi connectivity index (χ4v) is 5.32. The highest BCUT2D eigenvalue weighted by molar-refractivity contribution is 14.1. The van der Waals surface area contributed by atoms with Crippen LogP contribution in [0.5, 0.6) is 5.75 Å². The number of aryl methyl sites for hydroxylation is 1. The zero-order valence-electron chi connectivity index (χ0n) is 18.1. The molecule has 4 rings (SSSR count). The van der Waals surface area contributed by atoms with Crippen molar-refractivity contribution in [3.05, 3.63) is 30.0 Å². The molecular weight excluding hydrogens is 487 g/mol. The number of carbonyl (C=O) groups excluding carboxylic acids is 1. The molecule has 5 heteroatoms. The first-order valence-electron chi connectivity index (χ1n) is 11.5. The smallest absolute Gasteiger partial charge is 0.194 e. The van der Waals surface area contributed by atoms with E-state index < -0.39 is 0 Å². The summed E-state index contributed by atoms with van der Waals surface area (Å²) in [6, 6.07) is 8.00. The van der Waals surface area contributed by atoms with Crippen molar-refractivity contribution in [1.82, 2.24) is 9.47 Å². The number of hydrogen-bond donors (Lipinski definition) is 0. The van der Waals surface area contributed by atoms with Gasteiger partial charge in [0.15, 0.2) is 11.5 Å². The Hall–Kier alpha value is -1.26. The number of hydrogen-bond acceptors (Lipinski definition) is 3. The number of likely N-dealkylation sites (tertiary alicyclic amines) is 1. The Morgan fingerprint density at radius 2 is 1.97 bits per heavy atom. The molecule has 0 spiro atoms. The number of halogens is 1. The lowest BCUT2D eigenvalue weighted by Gasteiger charge is -2.32. The minimum Gasteiger partial charge on any atom is -0.487 e. The molecule has 30 heavy (non-hydrogen) atoms. The van der Waals surface area contributed by atoms with Gasteiger partial charge in [0.05, 0.1) is 7.11 Å². The number of Topliss-reactive ketones (excluding diaryl/α,β-unsaturated/α-hetero) is 1. The van der Waals surface area contributed by atoms with Gasteiger partial charge < -0.3 is 14.2 Å². The van der Waals surface area contributed by atoms with E-state index in [1.807, 2.05) is 6.07 Å². The number of piperidine rings is 1. The van der Waals surface area contributed by atoms with E-state index in [2.05, 4.69) is 50.4 Å². The maximum Gasteiger partial charge on any atom is 0.194 e. The lowest BCUT2D eigenvalue weighted by atomic mass is 9.91. The summed E-state index contributed by atoms with van der Waals surface area (Å²) in [6.45, 7) is 4.49. The number of fused-ring (bicyclic) bond motifs is 1. The molecule has 1 saturated carbocycles. The summed E-state index contributed by atoms with van der Waals surface area (Å²) in [5.74, 6) is 2.13. The fourth-order valence-electron chi connectivity index (χ4n) is 4.78. The molecule has 2 fully saturated rings. The highest BCUT2D eigenvalue weighted by Gasteiger charge is 2.32. The number of rotatable bonds is 11. The number of alkyl halides is 1. The molecular formula is C25H33IN2O2. The van der Waals surface area contributed by atoms with E-state index in [4.69, 9.17) is 4.74 Å². The molecule has 1 aliphatic carbocycles. The van der Waals surface area contributed by atoms with Gasteiger partial charge in [-0.25, -0.2) is 0 Å². The molecule has 0 unspecified atom stereocenters. The van der Waals surface area contributed by atoms with Gasteiger partial charge in [-0.15, -0.1) is 0 Å². The molecule has 0 bridgehead atoms. The molecule has 1 aromatic heterocycles. The van der Waals surface area contributed by atoms with E-state index in [0.29, 0.717) is 5.75 Å². The third kappa shape index (κ3) is 5.13. The van der Waals surface area contributed by atoms with Gasteiger partial charge in [0.1, 0.15) is 5.52 Å². The molecule has 0 radical (unpaired) electrons. The van der Waals surface area contributed by atoms with Gasteiger partial charge in [0.2, 0.25) is 0 Å². The van der Waals surface area contributed by atoms with Crippen molar-refractivity contribution in [2.45, 2.75) is 57.9 Å². The van der Waals surface area contributed by atoms with Crippen LogP contribution in [0.2, 0.25) is 0 Å². The van der Waals surface area contributed by atoms with Crippen LogP contribution in [0.1, 0.15) is 61.7 Å². The van der Waals surface area contributed by atoms with Crippen LogP contribution in [-0.4, -0.2) is 46.4 Å². The minimum absolute atomic E-state index is 0.220. The van der Waals surface area contributed by atoms with Crippen LogP contribution >= 0.6 is 22.6 Å². The number of ketones is 1. The molecule has 1 aliphatic heterocycles. The number of carbonyl (C=O) groups is 1. The van der Waals surface area contributed by atoms with Gasteiger partial charge in [-0.1, -0.05) is 41.5 Å². The van der Waals surface area contributed by atoms with Gasteiger partial charge in [0.25, 0.3) is 0 Å². The Labute approximate surface area is 194 Å². The molecule has 0 atom stereocenters. The Morgan fingerprint density at radius 1 is 1.17 bits per heavy atom. The second kappa shape index (κ2) is 10.4. The van der Waals surface area contributed by atoms with Crippen molar-refractivity contribution in [3.63, 3.8) is 0 Å². The predicted octanol–water partition coefficient (Wildman–Crippen LogP) is 5.55. The van der Waals surface area contributed by atoms with Crippen molar-refractivity contribution >= 4 is 39.3 Å². The van der Waals surface area contributed by atoms with Gasteiger partial charge in [-0.2, -0.15) is 0 Å². The number of ether oxygens (including phenoxy) is 1. The van der Waals surface area contributed by atoms with E-state index in [-0.39, 0.29) is 11.7 Å². The third-order valence-electron chi connectivity index (χ3n) is 6.73. The van der Waals surface area contributed by atoms with Gasteiger partial charge >= 0.3 is 0 Å². The predicted molar refractivity (Wildman–Crippen MR) is 130 cm³/mol. The summed E-state index contributed by atoms with van der Waals surface area (Å²) in [7, 11) is 1.67. The molecule has 4 nitrogen and oxygen atoms in total. The molecule has 1 aromatic carbocycles. The minimum atomic E-state index is 0.220. The number of unbranched alkanes of at least 4 members (excludes halogenated alkanes) is 1. The van der Waals surface area contributed by atoms with Crippen LogP contribution in [-0.2, 0) is 6.54 Å². The van der Waals surface area contributed by atoms with Crippen LogP contribution in [0.25, 0.3) is 10.9 Å². The van der Waals surface area contributed by atoms with Gasteiger partial charge in [0, 0.05) is 29.6 Å². The first-order valence-corrected chi connectivity index (χ1v) is 13.1. The van der Waals surface area contributed by atoms with Gasteiger partial charge in [-0.05, 0) is 80.6 Å². The highest BCUT2D eigenvalue weighted by Crippen LogP contribution is 2.36. The maximum atomic E-state index is 12.8. The normalized spacial score (nSPS) is 17.9. The average Bonchev–Trinajstić information content (AvgIpc) is 3.56. The number of methoxy groups -OCH3 is 1. The van der Waals surface area contributed by atoms with Crippen LogP contribution in [0.15, 0.2) is 12.3 Å². The summed E-state index contributed by atoms with van der Waals surface area (Å²) >= 11 is 2.48. The van der Waals surface area contributed by atoms with Gasteiger partial charge in [-0.3, -0.25) is 4.79 Å². The number of nitrogens with zero attached hydrogens (tertiary/aromatic N) is 2. The first-order chi connectivity index (χ1) is 14.7. The molecule has 2 heterocycles. The lowest BCUT2D eigenvalue weighted by Crippen LogP contribution is -2.34. The van der Waals surface area contributed by atoms with Crippen molar-refractivity contribution in [2.24, 2.45) is 11.8 Å². The van der Waals surface area contributed by atoms with E-state index in [9.17, 15) is 4.79 Å². The molecule has 0 amide bonds. The van der Waals surface area contributed by atoms with Crippen molar-refractivity contribution < 1.29 is 9.53 Å². The number of aromatic nitrogens is 1. The second-order valence-electron chi connectivity index (χ2n) is 8.91. The molecule has 162 valence electrons. The van der Waals surface area contributed by atoms with Crippen molar-refractivity contribution in [1.29, 1.82) is 0 Å². The molecule has 1 saturated heterocycles. The quantitative estimate of drug-likeness (QED) is 0.169.